The lowest BCUT2D eigenvalue weighted by molar-refractivity contribution is 0.127. The lowest BCUT2D eigenvalue weighted by Crippen LogP contribution is -2.32. The zero-order chi connectivity index (χ0) is 15.5. The summed E-state index contributed by atoms with van der Waals surface area (Å²) in [7, 11) is 0. The molecule has 0 spiro atoms. The Labute approximate surface area is 126 Å². The summed E-state index contributed by atoms with van der Waals surface area (Å²) in [4.78, 5) is 4.32. The number of aliphatic hydroxyl groups is 1. The predicted octanol–water partition coefficient (Wildman–Crippen LogP) is 3.34. The number of nitrogens with zero attached hydrogens (tertiary/aromatic N) is 1. The molecule has 0 aliphatic rings. The van der Waals surface area contributed by atoms with Crippen molar-refractivity contribution in [3.8, 4) is 0 Å². The third kappa shape index (κ3) is 3.10. The van der Waals surface area contributed by atoms with Gasteiger partial charge in [-0.2, -0.15) is 0 Å². The number of aromatic nitrogens is 1. The van der Waals surface area contributed by atoms with Crippen molar-refractivity contribution in [3.63, 3.8) is 0 Å². The molecule has 0 aliphatic heterocycles. The van der Waals surface area contributed by atoms with Crippen LogP contribution >= 0.6 is 0 Å². The Hall–Kier alpha value is -1.81. The smallest absolute Gasteiger partial charge is 0.0504 e. The number of hydrogen-bond acceptors (Lipinski definition) is 4. The molecule has 21 heavy (non-hydrogen) atoms. The Bertz CT molecular complexity index is 612. The van der Waals surface area contributed by atoms with Crippen LogP contribution in [0.15, 0.2) is 24.4 Å². The average Bonchev–Trinajstić information content (AvgIpc) is 2.51. The largest absolute Gasteiger partial charge is 0.398 e. The Morgan fingerprint density at radius 1 is 1.24 bits per heavy atom. The average molecular weight is 287 g/mol. The first kappa shape index (κ1) is 15.6. The molecule has 4 heteroatoms. The van der Waals surface area contributed by atoms with Crippen LogP contribution in [0.3, 0.4) is 0 Å². The molecule has 4 nitrogen and oxygen atoms in total. The van der Waals surface area contributed by atoms with E-state index in [1.807, 2.05) is 31.3 Å². The molecule has 0 bridgehead atoms. The number of anilines is 2. The second kappa shape index (κ2) is 6.31. The number of fused-ring (bicyclic) bond motifs is 1. The molecule has 1 aromatic heterocycles. The number of rotatable bonds is 6. The van der Waals surface area contributed by atoms with Gasteiger partial charge in [0.1, 0.15) is 0 Å². The number of pyridine rings is 1. The van der Waals surface area contributed by atoms with Gasteiger partial charge in [-0.25, -0.2) is 0 Å². The lowest BCUT2D eigenvalue weighted by atomic mass is 9.83. The first-order chi connectivity index (χ1) is 10.0. The van der Waals surface area contributed by atoms with Gasteiger partial charge in [0, 0.05) is 46.0 Å². The van der Waals surface area contributed by atoms with Gasteiger partial charge in [-0.1, -0.05) is 13.8 Å². The number of hydrogen-bond donors (Lipinski definition) is 3. The minimum atomic E-state index is -0.0736. The summed E-state index contributed by atoms with van der Waals surface area (Å²) in [5, 5.41) is 15.2. The van der Waals surface area contributed by atoms with Crippen LogP contribution < -0.4 is 11.1 Å². The summed E-state index contributed by atoms with van der Waals surface area (Å²) in [6.07, 6.45) is 3.71. The number of benzene rings is 1. The van der Waals surface area contributed by atoms with Crippen molar-refractivity contribution in [1.29, 1.82) is 0 Å². The normalized spacial score (nSPS) is 11.8. The molecule has 4 N–H and O–H groups in total. The molecule has 1 aromatic carbocycles. The van der Waals surface area contributed by atoms with Crippen LogP contribution in [-0.2, 0) is 0 Å². The second-order valence-electron chi connectivity index (χ2n) is 5.79. The highest BCUT2D eigenvalue weighted by atomic mass is 16.3. The van der Waals surface area contributed by atoms with E-state index >= 15 is 0 Å². The molecule has 0 radical (unpaired) electrons. The Morgan fingerprint density at radius 2 is 1.95 bits per heavy atom. The zero-order valence-corrected chi connectivity index (χ0v) is 13.1. The van der Waals surface area contributed by atoms with Gasteiger partial charge in [0.2, 0.25) is 0 Å². The molecule has 0 saturated carbocycles. The van der Waals surface area contributed by atoms with Gasteiger partial charge in [0.25, 0.3) is 0 Å². The van der Waals surface area contributed by atoms with Gasteiger partial charge in [0.15, 0.2) is 0 Å². The molecule has 2 aromatic rings. The number of aliphatic hydroxyl groups excluding tert-OH is 1. The van der Waals surface area contributed by atoms with Gasteiger partial charge in [-0.3, -0.25) is 4.98 Å². The first-order valence-electron chi connectivity index (χ1n) is 7.55. The highest BCUT2D eigenvalue weighted by Gasteiger charge is 2.25. The van der Waals surface area contributed by atoms with Crippen LogP contribution in [0, 0.1) is 12.3 Å². The van der Waals surface area contributed by atoms with E-state index < -0.39 is 0 Å². The quantitative estimate of drug-likeness (QED) is 0.713. The van der Waals surface area contributed by atoms with Gasteiger partial charge in [0.05, 0.1) is 6.61 Å². The number of nitrogens with two attached hydrogens (primary N) is 1. The number of aryl methyl sites for hydroxylation is 1. The fraction of sp³-hybridized carbons (Fsp3) is 0.471. The summed E-state index contributed by atoms with van der Waals surface area (Å²) >= 11 is 0. The second-order valence-corrected chi connectivity index (χ2v) is 5.79. The first-order valence-corrected chi connectivity index (χ1v) is 7.55. The minimum absolute atomic E-state index is 0.0736. The molecular weight excluding hydrogens is 262 g/mol. The molecule has 1 heterocycles. The van der Waals surface area contributed by atoms with E-state index in [-0.39, 0.29) is 12.0 Å². The fourth-order valence-corrected chi connectivity index (χ4v) is 2.58. The van der Waals surface area contributed by atoms with E-state index in [1.165, 1.54) is 0 Å². The number of nitrogens with one attached hydrogen (secondary N) is 1. The van der Waals surface area contributed by atoms with Crippen LogP contribution in [0.5, 0.6) is 0 Å². The Kier molecular flexibility index (Phi) is 4.68. The van der Waals surface area contributed by atoms with Crippen molar-refractivity contribution < 1.29 is 5.11 Å². The van der Waals surface area contributed by atoms with E-state index in [9.17, 15) is 5.11 Å². The maximum Gasteiger partial charge on any atom is 0.0504 e. The fourth-order valence-electron chi connectivity index (χ4n) is 2.58. The third-order valence-electron chi connectivity index (χ3n) is 4.56. The summed E-state index contributed by atoms with van der Waals surface area (Å²) in [6.45, 7) is 7.16. The van der Waals surface area contributed by atoms with E-state index in [0.29, 0.717) is 0 Å². The van der Waals surface area contributed by atoms with Crippen molar-refractivity contribution in [2.45, 2.75) is 33.6 Å². The maximum absolute atomic E-state index is 9.69. The van der Waals surface area contributed by atoms with Gasteiger partial charge in [-0.05, 0) is 38.0 Å². The summed E-state index contributed by atoms with van der Waals surface area (Å²) in [6, 6.07) is 5.96. The molecule has 0 saturated heterocycles. The molecule has 0 unspecified atom stereocenters. The van der Waals surface area contributed by atoms with Crippen molar-refractivity contribution in [1.82, 2.24) is 4.98 Å². The van der Waals surface area contributed by atoms with Gasteiger partial charge in [-0.15, -0.1) is 0 Å². The van der Waals surface area contributed by atoms with E-state index in [1.54, 1.807) is 0 Å². The summed E-state index contributed by atoms with van der Waals surface area (Å²) < 4.78 is 0. The van der Waals surface area contributed by atoms with Crippen molar-refractivity contribution in [2.24, 2.45) is 5.41 Å². The van der Waals surface area contributed by atoms with Crippen LogP contribution in [0.1, 0.15) is 32.4 Å². The highest BCUT2D eigenvalue weighted by molar-refractivity contribution is 6.00. The number of nitrogen functional groups attached to an aromatic ring is 1. The SMILES string of the molecule is CCC(CC)(CO)CNc1ccc(N)c2cnc(C)cc12. The molecule has 2 rings (SSSR count). The minimum Gasteiger partial charge on any atom is -0.398 e. The Morgan fingerprint density at radius 3 is 2.57 bits per heavy atom. The zero-order valence-electron chi connectivity index (χ0n) is 13.1. The van der Waals surface area contributed by atoms with Gasteiger partial charge < -0.3 is 16.2 Å². The van der Waals surface area contributed by atoms with Crippen LogP contribution in [-0.4, -0.2) is 23.2 Å². The predicted molar refractivity (Wildman–Crippen MR) is 89.5 cm³/mol. The van der Waals surface area contributed by atoms with E-state index in [2.05, 4.69) is 24.1 Å². The van der Waals surface area contributed by atoms with E-state index in [0.717, 1.165) is 47.2 Å². The van der Waals surface area contributed by atoms with Crippen LogP contribution in [0.2, 0.25) is 0 Å². The van der Waals surface area contributed by atoms with Crippen molar-refractivity contribution >= 4 is 22.1 Å². The third-order valence-corrected chi connectivity index (χ3v) is 4.56. The van der Waals surface area contributed by atoms with Crippen molar-refractivity contribution in [2.75, 3.05) is 24.2 Å². The Balaban J connectivity index is 2.35. The molecule has 0 amide bonds. The van der Waals surface area contributed by atoms with Crippen LogP contribution in [0.4, 0.5) is 11.4 Å². The standard InChI is InChI=1S/C17H25N3O/c1-4-17(5-2,11-21)10-20-16-7-6-15(18)14-9-19-12(3)8-13(14)16/h6-9,20-21H,4-5,10-11,18H2,1-3H3. The van der Waals surface area contributed by atoms with Gasteiger partial charge >= 0.3 is 0 Å². The van der Waals surface area contributed by atoms with Crippen LogP contribution in [0.25, 0.3) is 10.8 Å². The monoisotopic (exact) mass is 287 g/mol. The molecule has 0 fully saturated rings. The molecule has 114 valence electrons. The molecule has 0 aliphatic carbocycles. The topological polar surface area (TPSA) is 71.2 Å². The summed E-state index contributed by atoms with van der Waals surface area (Å²) in [5.41, 5.74) is 8.71. The summed E-state index contributed by atoms with van der Waals surface area (Å²) in [5.74, 6) is 0. The van der Waals surface area contributed by atoms with E-state index in [4.69, 9.17) is 5.73 Å². The van der Waals surface area contributed by atoms with Crippen molar-refractivity contribution in [3.05, 3.63) is 30.1 Å². The lowest BCUT2D eigenvalue weighted by Gasteiger charge is -2.30. The highest BCUT2D eigenvalue weighted by Crippen LogP contribution is 2.31. The maximum atomic E-state index is 9.69. The molecular formula is C17H25N3O. The molecule has 0 atom stereocenters.